The summed E-state index contributed by atoms with van der Waals surface area (Å²) in [7, 11) is 0. The SMILES string of the molecule is C=Cc1ccc2c(c1)C1(CCN(C(=O)O)C1)CN2C(=O)O. The van der Waals surface area contributed by atoms with E-state index in [4.69, 9.17) is 5.11 Å². The number of benzene rings is 1. The van der Waals surface area contributed by atoms with Gasteiger partial charge in [-0.3, -0.25) is 4.90 Å². The van der Waals surface area contributed by atoms with E-state index in [0.717, 1.165) is 11.1 Å². The van der Waals surface area contributed by atoms with Crippen LogP contribution in [0.1, 0.15) is 17.5 Å². The highest BCUT2D eigenvalue weighted by atomic mass is 16.4. The van der Waals surface area contributed by atoms with Gasteiger partial charge in [0.05, 0.1) is 5.69 Å². The van der Waals surface area contributed by atoms with Crippen molar-refractivity contribution in [1.82, 2.24) is 4.90 Å². The van der Waals surface area contributed by atoms with Gasteiger partial charge in [0.2, 0.25) is 0 Å². The van der Waals surface area contributed by atoms with E-state index in [1.807, 2.05) is 12.1 Å². The molecule has 0 saturated carbocycles. The van der Waals surface area contributed by atoms with E-state index in [0.29, 0.717) is 31.7 Å². The van der Waals surface area contributed by atoms with Crippen molar-refractivity contribution in [3.05, 3.63) is 35.9 Å². The Kier molecular flexibility index (Phi) is 2.90. The second-order valence-electron chi connectivity index (χ2n) is 5.58. The standard InChI is InChI=1S/C15H16N2O4/c1-2-10-3-4-12-11(7-10)15(9-17(12)14(20)21)5-6-16(8-15)13(18)19/h2-4,7H,1,5-6,8-9H2,(H,18,19)(H,20,21). The van der Waals surface area contributed by atoms with Gasteiger partial charge in [0, 0.05) is 25.0 Å². The first-order chi connectivity index (χ1) is 9.97. The predicted molar refractivity (Wildman–Crippen MR) is 77.8 cm³/mol. The van der Waals surface area contributed by atoms with Crippen molar-refractivity contribution < 1.29 is 19.8 Å². The third kappa shape index (κ3) is 1.94. The number of fused-ring (bicyclic) bond motifs is 2. The molecule has 2 amide bonds. The van der Waals surface area contributed by atoms with Crippen molar-refractivity contribution in [2.24, 2.45) is 0 Å². The summed E-state index contributed by atoms with van der Waals surface area (Å²) >= 11 is 0. The van der Waals surface area contributed by atoms with Crippen molar-refractivity contribution >= 4 is 23.9 Å². The molecule has 0 aliphatic carbocycles. The molecule has 6 heteroatoms. The number of anilines is 1. The molecule has 6 nitrogen and oxygen atoms in total. The molecule has 0 aromatic heterocycles. The van der Waals surface area contributed by atoms with Gasteiger partial charge in [-0.2, -0.15) is 0 Å². The van der Waals surface area contributed by atoms with Crippen LogP contribution >= 0.6 is 0 Å². The molecule has 1 unspecified atom stereocenters. The van der Waals surface area contributed by atoms with Crippen LogP contribution in [0.4, 0.5) is 15.3 Å². The molecule has 1 atom stereocenters. The lowest BCUT2D eigenvalue weighted by Crippen LogP contribution is -2.39. The number of hydrogen-bond acceptors (Lipinski definition) is 2. The van der Waals surface area contributed by atoms with Crippen LogP contribution in [0, 0.1) is 0 Å². The Hall–Kier alpha value is -2.50. The van der Waals surface area contributed by atoms with Crippen LogP contribution in [-0.2, 0) is 5.41 Å². The Morgan fingerprint density at radius 2 is 2.00 bits per heavy atom. The van der Waals surface area contributed by atoms with E-state index in [9.17, 15) is 14.7 Å². The molecule has 1 fully saturated rings. The highest BCUT2D eigenvalue weighted by molar-refractivity contribution is 5.91. The Labute approximate surface area is 121 Å². The van der Waals surface area contributed by atoms with Crippen LogP contribution in [0.2, 0.25) is 0 Å². The molecule has 0 bridgehead atoms. The molecule has 21 heavy (non-hydrogen) atoms. The highest BCUT2D eigenvalue weighted by Gasteiger charge is 2.49. The zero-order chi connectivity index (χ0) is 15.2. The molecule has 0 radical (unpaired) electrons. The highest BCUT2D eigenvalue weighted by Crippen LogP contribution is 2.46. The monoisotopic (exact) mass is 288 g/mol. The Morgan fingerprint density at radius 1 is 1.24 bits per heavy atom. The summed E-state index contributed by atoms with van der Waals surface area (Å²) in [6.07, 6.45) is 0.383. The predicted octanol–water partition coefficient (Wildman–Crippen LogP) is 2.45. The van der Waals surface area contributed by atoms with Crippen LogP contribution in [0.25, 0.3) is 6.08 Å². The van der Waals surface area contributed by atoms with Crippen LogP contribution < -0.4 is 4.90 Å². The quantitative estimate of drug-likeness (QED) is 0.831. The fourth-order valence-electron chi connectivity index (χ4n) is 3.37. The number of hydrogen-bond donors (Lipinski definition) is 2. The normalized spacial score (nSPS) is 23.4. The summed E-state index contributed by atoms with van der Waals surface area (Å²) in [5, 5.41) is 18.5. The summed E-state index contributed by atoms with van der Waals surface area (Å²) in [6.45, 7) is 4.81. The second kappa shape index (κ2) is 4.51. The minimum atomic E-state index is -1.01. The molecule has 3 rings (SSSR count). The third-order valence-electron chi connectivity index (χ3n) is 4.43. The van der Waals surface area contributed by atoms with Crippen molar-refractivity contribution in [3.63, 3.8) is 0 Å². The third-order valence-corrected chi connectivity index (χ3v) is 4.43. The van der Waals surface area contributed by atoms with Gasteiger partial charge in [0.25, 0.3) is 0 Å². The van der Waals surface area contributed by atoms with Crippen molar-refractivity contribution in [1.29, 1.82) is 0 Å². The molecule has 2 heterocycles. The van der Waals surface area contributed by atoms with Crippen molar-refractivity contribution in [2.75, 3.05) is 24.5 Å². The van der Waals surface area contributed by atoms with Gasteiger partial charge in [0.15, 0.2) is 0 Å². The summed E-state index contributed by atoms with van der Waals surface area (Å²) in [4.78, 5) is 25.3. The lowest BCUT2D eigenvalue weighted by molar-refractivity contribution is 0.153. The number of carboxylic acid groups (broad SMARTS) is 2. The van der Waals surface area contributed by atoms with Gasteiger partial charge in [-0.15, -0.1) is 0 Å². The maximum absolute atomic E-state index is 11.5. The van der Waals surface area contributed by atoms with E-state index in [1.54, 1.807) is 12.1 Å². The zero-order valence-corrected chi connectivity index (χ0v) is 11.5. The van der Waals surface area contributed by atoms with Gasteiger partial charge in [-0.05, 0) is 29.7 Å². The molecule has 1 aromatic carbocycles. The molecule has 2 aliphatic heterocycles. The second-order valence-corrected chi connectivity index (χ2v) is 5.58. The molecular weight excluding hydrogens is 272 g/mol. The zero-order valence-electron chi connectivity index (χ0n) is 11.5. The summed E-state index contributed by atoms with van der Waals surface area (Å²) < 4.78 is 0. The first-order valence-electron chi connectivity index (χ1n) is 6.72. The number of carbonyl (C=O) groups is 2. The molecule has 1 saturated heterocycles. The Balaban J connectivity index is 2.07. The molecule has 1 spiro atoms. The van der Waals surface area contributed by atoms with E-state index in [-0.39, 0.29) is 0 Å². The van der Waals surface area contributed by atoms with E-state index < -0.39 is 17.6 Å². The minimum absolute atomic E-state index is 0.308. The molecule has 2 N–H and O–H groups in total. The first-order valence-corrected chi connectivity index (χ1v) is 6.72. The fourth-order valence-corrected chi connectivity index (χ4v) is 3.37. The van der Waals surface area contributed by atoms with Gasteiger partial charge < -0.3 is 15.1 Å². The van der Waals surface area contributed by atoms with Crippen LogP contribution in [0.5, 0.6) is 0 Å². The van der Waals surface area contributed by atoms with Gasteiger partial charge in [-0.25, -0.2) is 9.59 Å². The topological polar surface area (TPSA) is 81.1 Å². The maximum Gasteiger partial charge on any atom is 0.411 e. The van der Waals surface area contributed by atoms with Gasteiger partial charge >= 0.3 is 12.2 Å². The van der Waals surface area contributed by atoms with Crippen LogP contribution in [-0.4, -0.2) is 46.9 Å². The van der Waals surface area contributed by atoms with Crippen molar-refractivity contribution in [3.8, 4) is 0 Å². The number of rotatable bonds is 1. The average Bonchev–Trinajstić information content (AvgIpc) is 3.02. The van der Waals surface area contributed by atoms with E-state index in [1.165, 1.54) is 9.80 Å². The lowest BCUT2D eigenvalue weighted by atomic mass is 9.81. The number of nitrogens with zero attached hydrogens (tertiary/aromatic N) is 2. The summed E-state index contributed by atoms with van der Waals surface area (Å²) in [6, 6.07) is 5.53. The van der Waals surface area contributed by atoms with Gasteiger partial charge in [-0.1, -0.05) is 18.7 Å². The lowest BCUT2D eigenvalue weighted by Gasteiger charge is -2.24. The molecule has 2 aliphatic rings. The molecular formula is C15H16N2O4. The average molecular weight is 288 g/mol. The minimum Gasteiger partial charge on any atom is -0.465 e. The summed E-state index contributed by atoms with van der Waals surface area (Å²) in [5.41, 5.74) is 2.03. The first kappa shape index (κ1) is 13.5. The van der Waals surface area contributed by atoms with E-state index >= 15 is 0 Å². The molecule has 110 valence electrons. The Bertz CT molecular complexity index is 643. The smallest absolute Gasteiger partial charge is 0.411 e. The van der Waals surface area contributed by atoms with Crippen LogP contribution in [0.15, 0.2) is 24.8 Å². The largest absolute Gasteiger partial charge is 0.465 e. The maximum atomic E-state index is 11.5. The molecule has 1 aromatic rings. The fraction of sp³-hybridized carbons (Fsp3) is 0.333. The Morgan fingerprint density at radius 3 is 2.57 bits per heavy atom. The van der Waals surface area contributed by atoms with Crippen LogP contribution in [0.3, 0.4) is 0 Å². The van der Waals surface area contributed by atoms with Crippen molar-refractivity contribution in [2.45, 2.75) is 11.8 Å². The number of likely N-dealkylation sites (tertiary alicyclic amines) is 1. The summed E-state index contributed by atoms with van der Waals surface area (Å²) in [5.74, 6) is 0. The van der Waals surface area contributed by atoms with Gasteiger partial charge in [0.1, 0.15) is 0 Å². The number of amides is 2. The van der Waals surface area contributed by atoms with E-state index in [2.05, 4.69) is 6.58 Å².